The lowest BCUT2D eigenvalue weighted by atomic mass is 10.3. The lowest BCUT2D eigenvalue weighted by molar-refractivity contribution is -0.0529. The van der Waals surface area contributed by atoms with Crippen molar-refractivity contribution in [3.8, 4) is 5.88 Å². The van der Waals surface area contributed by atoms with Crippen LogP contribution < -0.4 is 16.0 Å². The van der Waals surface area contributed by atoms with E-state index in [9.17, 15) is 13.6 Å². The number of nitrogens with two attached hydrogens (primary N) is 1. The van der Waals surface area contributed by atoms with Crippen molar-refractivity contribution < 1.29 is 18.3 Å². The van der Waals surface area contributed by atoms with Crippen LogP contribution in [0.15, 0.2) is 18.2 Å². The summed E-state index contributed by atoms with van der Waals surface area (Å²) in [6.45, 7) is -2.97. The predicted octanol–water partition coefficient (Wildman–Crippen LogP) is 0.286. The number of hydrogen-bond acceptors (Lipinski definition) is 4. The van der Waals surface area contributed by atoms with Crippen LogP contribution in [-0.2, 0) is 0 Å². The Hall–Kier alpha value is -1.76. The van der Waals surface area contributed by atoms with Crippen LogP contribution in [0.3, 0.4) is 0 Å². The highest BCUT2D eigenvalue weighted by molar-refractivity contribution is 5.91. The lowest BCUT2D eigenvalue weighted by Gasteiger charge is -2.04. The van der Waals surface area contributed by atoms with E-state index < -0.39 is 12.5 Å². The van der Waals surface area contributed by atoms with Crippen molar-refractivity contribution in [3.63, 3.8) is 0 Å². The van der Waals surface area contributed by atoms with Gasteiger partial charge in [0.2, 0.25) is 5.88 Å². The quantitative estimate of drug-likeness (QED) is 0.420. The molecule has 0 radical (unpaired) electrons. The van der Waals surface area contributed by atoms with Gasteiger partial charge in [-0.05, 0) is 6.07 Å². The molecule has 76 valence electrons. The van der Waals surface area contributed by atoms with Crippen molar-refractivity contribution in [1.82, 2.24) is 10.4 Å². The molecule has 0 saturated carbocycles. The molecule has 1 rings (SSSR count). The number of halogens is 2. The number of nitrogens with zero attached hydrogens (tertiary/aromatic N) is 1. The van der Waals surface area contributed by atoms with Crippen LogP contribution in [-0.4, -0.2) is 17.5 Å². The van der Waals surface area contributed by atoms with Crippen LogP contribution in [0.4, 0.5) is 8.78 Å². The first kappa shape index (κ1) is 10.3. The molecular formula is C7H7F2N3O2. The molecule has 1 amide bonds. The predicted molar refractivity (Wildman–Crippen MR) is 42.5 cm³/mol. The Bertz CT molecular complexity index is 332. The van der Waals surface area contributed by atoms with Gasteiger partial charge in [-0.3, -0.25) is 10.2 Å². The van der Waals surface area contributed by atoms with Gasteiger partial charge >= 0.3 is 6.61 Å². The largest absolute Gasteiger partial charge is 0.417 e. The van der Waals surface area contributed by atoms with Crippen LogP contribution in [0, 0.1) is 0 Å². The third-order valence-electron chi connectivity index (χ3n) is 1.30. The maximum atomic E-state index is 11.7. The van der Waals surface area contributed by atoms with Gasteiger partial charge in [0.15, 0.2) is 0 Å². The van der Waals surface area contributed by atoms with Gasteiger partial charge in [0.25, 0.3) is 5.91 Å². The lowest BCUT2D eigenvalue weighted by Crippen LogP contribution is -2.30. The van der Waals surface area contributed by atoms with E-state index in [1.54, 1.807) is 0 Å². The van der Waals surface area contributed by atoms with Crippen LogP contribution in [0.2, 0.25) is 0 Å². The number of carbonyl (C=O) groups is 1. The number of pyridine rings is 1. The molecule has 1 aromatic rings. The van der Waals surface area contributed by atoms with E-state index >= 15 is 0 Å². The topological polar surface area (TPSA) is 77.2 Å². The summed E-state index contributed by atoms with van der Waals surface area (Å²) in [6.07, 6.45) is 0. The normalized spacial score (nSPS) is 10.0. The molecule has 0 fully saturated rings. The molecule has 0 aliphatic heterocycles. The molecule has 3 N–H and O–H groups in total. The van der Waals surface area contributed by atoms with Gasteiger partial charge in [-0.25, -0.2) is 10.8 Å². The zero-order valence-electron chi connectivity index (χ0n) is 6.91. The third-order valence-corrected chi connectivity index (χ3v) is 1.30. The van der Waals surface area contributed by atoms with Crippen molar-refractivity contribution in [1.29, 1.82) is 0 Å². The molecule has 1 aromatic heterocycles. The highest BCUT2D eigenvalue weighted by atomic mass is 19.3. The summed E-state index contributed by atoms with van der Waals surface area (Å²) < 4.78 is 27.5. The van der Waals surface area contributed by atoms with E-state index in [1.165, 1.54) is 18.2 Å². The smallest absolute Gasteiger partial charge is 0.388 e. The van der Waals surface area contributed by atoms with Crippen LogP contribution >= 0.6 is 0 Å². The Morgan fingerprint density at radius 1 is 1.57 bits per heavy atom. The first-order chi connectivity index (χ1) is 6.63. The molecule has 7 heteroatoms. The third kappa shape index (κ3) is 2.63. The molecule has 14 heavy (non-hydrogen) atoms. The summed E-state index contributed by atoms with van der Waals surface area (Å²) >= 11 is 0. The molecule has 0 saturated heterocycles. The fourth-order valence-electron chi connectivity index (χ4n) is 0.772. The number of rotatable bonds is 3. The molecule has 5 nitrogen and oxygen atoms in total. The van der Waals surface area contributed by atoms with E-state index in [1.807, 2.05) is 5.43 Å². The molecule has 0 atom stereocenters. The Morgan fingerprint density at radius 2 is 2.29 bits per heavy atom. The summed E-state index contributed by atoms with van der Waals surface area (Å²) in [4.78, 5) is 14.4. The van der Waals surface area contributed by atoms with Gasteiger partial charge in [0, 0.05) is 6.07 Å². The molecule has 0 aliphatic carbocycles. The van der Waals surface area contributed by atoms with Gasteiger partial charge in [0.1, 0.15) is 5.69 Å². The van der Waals surface area contributed by atoms with Gasteiger partial charge in [0.05, 0.1) is 0 Å². The maximum Gasteiger partial charge on any atom is 0.388 e. The zero-order valence-corrected chi connectivity index (χ0v) is 6.91. The number of aromatic nitrogens is 1. The SMILES string of the molecule is NNC(=O)c1cccc(OC(F)F)n1. The van der Waals surface area contributed by atoms with Gasteiger partial charge in [-0.15, -0.1) is 0 Å². The Kier molecular flexibility index (Phi) is 3.29. The number of carbonyl (C=O) groups excluding carboxylic acids is 1. The van der Waals surface area contributed by atoms with Crippen molar-refractivity contribution in [3.05, 3.63) is 23.9 Å². The number of ether oxygens (including phenoxy) is 1. The van der Waals surface area contributed by atoms with Crippen molar-refractivity contribution in [2.75, 3.05) is 0 Å². The standard InChI is InChI=1S/C7H7F2N3O2/c8-7(9)14-5-3-1-2-4(11-5)6(13)12-10/h1-3,7H,10H2,(H,12,13). The fourth-order valence-corrected chi connectivity index (χ4v) is 0.772. The zero-order chi connectivity index (χ0) is 10.6. The summed E-state index contributed by atoms with van der Waals surface area (Å²) in [7, 11) is 0. The van der Waals surface area contributed by atoms with Gasteiger partial charge in [-0.1, -0.05) is 6.07 Å². The van der Waals surface area contributed by atoms with E-state index in [4.69, 9.17) is 5.84 Å². The molecule has 0 unspecified atom stereocenters. The number of amides is 1. The van der Waals surface area contributed by atoms with E-state index in [2.05, 4.69) is 9.72 Å². The van der Waals surface area contributed by atoms with Gasteiger partial charge < -0.3 is 4.74 Å². The Balaban J connectivity index is 2.84. The monoisotopic (exact) mass is 203 g/mol. The van der Waals surface area contributed by atoms with E-state index in [0.29, 0.717) is 0 Å². The van der Waals surface area contributed by atoms with Crippen LogP contribution in [0.25, 0.3) is 0 Å². The van der Waals surface area contributed by atoms with Crippen molar-refractivity contribution >= 4 is 5.91 Å². The highest BCUT2D eigenvalue weighted by Crippen LogP contribution is 2.10. The van der Waals surface area contributed by atoms with Crippen molar-refractivity contribution in [2.24, 2.45) is 5.84 Å². The molecular weight excluding hydrogens is 196 g/mol. The number of nitrogen functional groups attached to an aromatic ring is 1. The minimum absolute atomic E-state index is 0.0920. The molecule has 0 aromatic carbocycles. The average molecular weight is 203 g/mol. The minimum Gasteiger partial charge on any atom is -0.417 e. The summed E-state index contributed by atoms with van der Waals surface area (Å²) in [5.74, 6) is 3.82. The van der Waals surface area contributed by atoms with E-state index in [-0.39, 0.29) is 11.6 Å². The summed E-state index contributed by atoms with van der Waals surface area (Å²) in [6, 6.07) is 3.88. The maximum absolute atomic E-state index is 11.7. The van der Waals surface area contributed by atoms with Crippen molar-refractivity contribution in [2.45, 2.75) is 6.61 Å². The number of hydrazine groups is 1. The fraction of sp³-hybridized carbons (Fsp3) is 0.143. The number of nitrogens with one attached hydrogen (secondary N) is 1. The number of hydrogen-bond donors (Lipinski definition) is 2. The molecule has 1 heterocycles. The molecule has 0 bridgehead atoms. The Morgan fingerprint density at radius 3 is 2.86 bits per heavy atom. The highest BCUT2D eigenvalue weighted by Gasteiger charge is 2.09. The molecule has 0 spiro atoms. The summed E-state index contributed by atoms with van der Waals surface area (Å²) in [5, 5.41) is 0. The second-order valence-corrected chi connectivity index (χ2v) is 2.21. The Labute approximate surface area is 77.8 Å². The first-order valence-corrected chi connectivity index (χ1v) is 3.56. The second-order valence-electron chi connectivity index (χ2n) is 2.21. The van der Waals surface area contributed by atoms with E-state index in [0.717, 1.165) is 0 Å². The molecule has 0 aliphatic rings. The first-order valence-electron chi connectivity index (χ1n) is 3.56. The minimum atomic E-state index is -2.97. The second kappa shape index (κ2) is 4.47. The van der Waals surface area contributed by atoms with Crippen LogP contribution in [0.1, 0.15) is 10.5 Å². The van der Waals surface area contributed by atoms with Gasteiger partial charge in [-0.2, -0.15) is 8.78 Å². The average Bonchev–Trinajstić information content (AvgIpc) is 2.16. The summed E-state index contributed by atoms with van der Waals surface area (Å²) in [5.41, 5.74) is 1.73. The van der Waals surface area contributed by atoms with Crippen LogP contribution in [0.5, 0.6) is 5.88 Å². The number of alkyl halides is 2.